The largest absolute Gasteiger partial charge is 0.493 e. The number of nitrogens with zero attached hydrogens (tertiary/aromatic N) is 1. The smallest absolute Gasteiger partial charge is 0.226 e. The maximum absolute atomic E-state index is 12.1. The van der Waals surface area contributed by atoms with Crippen LogP contribution in [-0.4, -0.2) is 35.0 Å². The number of hydrogen-bond acceptors (Lipinski definition) is 3. The minimum Gasteiger partial charge on any atom is -0.493 e. The van der Waals surface area contributed by atoms with E-state index in [-0.39, 0.29) is 11.9 Å². The van der Waals surface area contributed by atoms with Gasteiger partial charge in [-0.25, -0.2) is 0 Å². The van der Waals surface area contributed by atoms with Crippen molar-refractivity contribution in [3.63, 3.8) is 0 Å². The van der Waals surface area contributed by atoms with Crippen molar-refractivity contribution in [3.05, 3.63) is 29.8 Å². The zero-order chi connectivity index (χ0) is 14.5. The summed E-state index contributed by atoms with van der Waals surface area (Å²) in [6, 6.07) is 7.73. The van der Waals surface area contributed by atoms with Gasteiger partial charge in [-0.15, -0.1) is 0 Å². The number of amides is 1. The monoisotopic (exact) mass is 292 g/mol. The fourth-order valence-corrected chi connectivity index (χ4v) is 2.71. The van der Waals surface area contributed by atoms with Gasteiger partial charge in [0.1, 0.15) is 5.75 Å². The summed E-state index contributed by atoms with van der Waals surface area (Å²) < 4.78 is 5.60. The van der Waals surface area contributed by atoms with Crippen molar-refractivity contribution in [3.8, 4) is 5.75 Å². The minimum absolute atomic E-state index is 0.0629. The van der Waals surface area contributed by atoms with Crippen LogP contribution in [0.2, 0.25) is 0 Å². The minimum atomic E-state index is -0.0727. The lowest BCUT2D eigenvalue weighted by atomic mass is 10.2. The van der Waals surface area contributed by atoms with Crippen LogP contribution in [0.1, 0.15) is 24.8 Å². The molecule has 5 heteroatoms. The molecule has 2 N–H and O–H groups in total. The SMILES string of the molecule is Cc1cccc(OCCC(=O)N2CCCC2C(N)=S)c1. The number of carbonyl (C=O) groups is 1. The molecule has 20 heavy (non-hydrogen) atoms. The van der Waals surface area contributed by atoms with Gasteiger partial charge in [-0.05, 0) is 37.5 Å². The molecule has 1 aliphatic rings. The molecular formula is C15H20N2O2S. The van der Waals surface area contributed by atoms with Crippen LogP contribution < -0.4 is 10.5 Å². The number of benzene rings is 1. The molecule has 0 aromatic heterocycles. The summed E-state index contributed by atoms with van der Waals surface area (Å²) in [4.78, 5) is 14.3. The van der Waals surface area contributed by atoms with Gasteiger partial charge < -0.3 is 15.4 Å². The van der Waals surface area contributed by atoms with Gasteiger partial charge in [0, 0.05) is 6.54 Å². The Morgan fingerprint density at radius 2 is 2.35 bits per heavy atom. The number of rotatable bonds is 5. The first-order valence-electron chi connectivity index (χ1n) is 6.86. The number of nitrogens with two attached hydrogens (primary N) is 1. The second-order valence-corrected chi connectivity index (χ2v) is 5.53. The molecule has 0 aliphatic carbocycles. The van der Waals surface area contributed by atoms with E-state index >= 15 is 0 Å². The third kappa shape index (κ3) is 3.70. The Morgan fingerprint density at radius 3 is 3.05 bits per heavy atom. The van der Waals surface area contributed by atoms with E-state index in [4.69, 9.17) is 22.7 Å². The Balaban J connectivity index is 1.82. The van der Waals surface area contributed by atoms with Crippen LogP contribution in [0, 0.1) is 6.92 Å². The van der Waals surface area contributed by atoms with Crippen molar-refractivity contribution in [1.29, 1.82) is 0 Å². The van der Waals surface area contributed by atoms with Crippen LogP contribution in [0.25, 0.3) is 0 Å². The summed E-state index contributed by atoms with van der Waals surface area (Å²) in [5.74, 6) is 0.859. The Bertz CT molecular complexity index is 504. The Labute approximate surface area is 124 Å². The van der Waals surface area contributed by atoms with E-state index in [2.05, 4.69) is 0 Å². The number of hydrogen-bond donors (Lipinski definition) is 1. The Hall–Kier alpha value is -1.62. The van der Waals surface area contributed by atoms with Crippen LogP contribution in [0.3, 0.4) is 0 Å². The second-order valence-electron chi connectivity index (χ2n) is 5.06. The van der Waals surface area contributed by atoms with Gasteiger partial charge >= 0.3 is 0 Å². The van der Waals surface area contributed by atoms with Crippen molar-refractivity contribution in [2.45, 2.75) is 32.2 Å². The molecule has 0 bridgehead atoms. The van der Waals surface area contributed by atoms with Crippen molar-refractivity contribution < 1.29 is 9.53 Å². The van der Waals surface area contributed by atoms with Gasteiger partial charge in [-0.3, -0.25) is 4.79 Å². The molecule has 1 unspecified atom stereocenters. The zero-order valence-corrected chi connectivity index (χ0v) is 12.5. The predicted molar refractivity (Wildman–Crippen MR) is 82.8 cm³/mol. The maximum atomic E-state index is 12.1. The molecule has 0 radical (unpaired) electrons. The highest BCUT2D eigenvalue weighted by atomic mass is 32.1. The number of carbonyl (C=O) groups excluding carboxylic acids is 1. The normalized spacial score (nSPS) is 18.1. The fraction of sp³-hybridized carbons (Fsp3) is 0.467. The van der Waals surface area contributed by atoms with E-state index in [1.165, 1.54) is 0 Å². The zero-order valence-electron chi connectivity index (χ0n) is 11.7. The molecule has 1 atom stereocenters. The lowest BCUT2D eigenvalue weighted by Gasteiger charge is -2.23. The predicted octanol–water partition coefficient (Wildman–Crippen LogP) is 2.04. The molecule has 108 valence electrons. The number of likely N-dealkylation sites (tertiary alicyclic amines) is 1. The fourth-order valence-electron chi connectivity index (χ4n) is 2.47. The third-order valence-corrected chi connectivity index (χ3v) is 3.75. The summed E-state index contributed by atoms with van der Waals surface area (Å²) in [5, 5.41) is 0. The van der Waals surface area contributed by atoms with Crippen LogP contribution in [0.15, 0.2) is 24.3 Å². The molecule has 1 aromatic carbocycles. The summed E-state index contributed by atoms with van der Waals surface area (Å²) >= 11 is 5.01. The average Bonchev–Trinajstić information content (AvgIpc) is 2.88. The molecule has 1 aromatic rings. The molecular weight excluding hydrogens is 272 g/mol. The van der Waals surface area contributed by atoms with Crippen molar-refractivity contribution >= 4 is 23.1 Å². The first-order valence-corrected chi connectivity index (χ1v) is 7.27. The Morgan fingerprint density at radius 1 is 1.55 bits per heavy atom. The molecule has 1 saturated heterocycles. The van der Waals surface area contributed by atoms with Crippen molar-refractivity contribution in [2.24, 2.45) is 5.73 Å². The van der Waals surface area contributed by atoms with E-state index in [9.17, 15) is 4.79 Å². The number of thiocarbonyl (C=S) groups is 1. The quantitative estimate of drug-likeness (QED) is 0.844. The van der Waals surface area contributed by atoms with Crippen LogP contribution >= 0.6 is 12.2 Å². The standard InChI is InChI=1S/C15H20N2O2S/c1-11-4-2-5-12(10-11)19-9-7-14(18)17-8-3-6-13(17)15(16)20/h2,4-5,10,13H,3,6-9H2,1H3,(H2,16,20). The first-order chi connectivity index (χ1) is 9.58. The summed E-state index contributed by atoms with van der Waals surface area (Å²) in [7, 11) is 0. The molecule has 1 fully saturated rings. The van der Waals surface area contributed by atoms with Crippen LogP contribution in [-0.2, 0) is 4.79 Å². The molecule has 1 amide bonds. The van der Waals surface area contributed by atoms with Crippen molar-refractivity contribution in [2.75, 3.05) is 13.2 Å². The number of ether oxygens (including phenoxy) is 1. The molecule has 0 spiro atoms. The van der Waals surface area contributed by atoms with E-state index in [0.717, 1.165) is 30.7 Å². The lowest BCUT2D eigenvalue weighted by Crippen LogP contribution is -2.43. The summed E-state index contributed by atoms with van der Waals surface area (Å²) in [6.07, 6.45) is 2.19. The first kappa shape index (κ1) is 14.8. The summed E-state index contributed by atoms with van der Waals surface area (Å²) in [6.45, 7) is 3.13. The lowest BCUT2D eigenvalue weighted by molar-refractivity contribution is -0.131. The molecule has 1 heterocycles. The van der Waals surface area contributed by atoms with Gasteiger partial charge in [-0.1, -0.05) is 24.4 Å². The van der Waals surface area contributed by atoms with Crippen LogP contribution in [0.4, 0.5) is 0 Å². The van der Waals surface area contributed by atoms with E-state index < -0.39 is 0 Å². The topological polar surface area (TPSA) is 55.6 Å². The maximum Gasteiger partial charge on any atom is 0.226 e. The van der Waals surface area contributed by atoms with Gasteiger partial charge in [0.2, 0.25) is 5.91 Å². The highest BCUT2D eigenvalue weighted by Gasteiger charge is 2.30. The highest BCUT2D eigenvalue weighted by molar-refractivity contribution is 7.80. The Kier molecular flexibility index (Phi) is 4.95. The third-order valence-electron chi connectivity index (χ3n) is 3.48. The molecule has 0 saturated carbocycles. The van der Waals surface area contributed by atoms with Crippen molar-refractivity contribution in [1.82, 2.24) is 4.90 Å². The van der Waals surface area contributed by atoms with E-state index in [1.54, 1.807) is 4.90 Å². The summed E-state index contributed by atoms with van der Waals surface area (Å²) in [5.41, 5.74) is 6.81. The highest BCUT2D eigenvalue weighted by Crippen LogP contribution is 2.19. The van der Waals surface area contributed by atoms with E-state index in [0.29, 0.717) is 18.0 Å². The number of aryl methyl sites for hydroxylation is 1. The molecule has 4 nitrogen and oxygen atoms in total. The van der Waals surface area contributed by atoms with Crippen LogP contribution in [0.5, 0.6) is 5.75 Å². The van der Waals surface area contributed by atoms with E-state index in [1.807, 2.05) is 31.2 Å². The molecule has 1 aliphatic heterocycles. The molecule has 2 rings (SSSR count). The second kappa shape index (κ2) is 6.70. The van der Waals surface area contributed by atoms with Gasteiger partial charge in [0.15, 0.2) is 0 Å². The van der Waals surface area contributed by atoms with Gasteiger partial charge in [0.25, 0.3) is 0 Å². The average molecular weight is 292 g/mol. The van der Waals surface area contributed by atoms with Gasteiger partial charge in [0.05, 0.1) is 24.1 Å². The van der Waals surface area contributed by atoms with Gasteiger partial charge in [-0.2, -0.15) is 0 Å².